The lowest BCUT2D eigenvalue weighted by atomic mass is 10.0. The number of fused-ring (bicyclic) bond motifs is 2. The average molecular weight is 390 g/mol. The second kappa shape index (κ2) is 7.83. The highest BCUT2D eigenvalue weighted by molar-refractivity contribution is 5.84. The lowest BCUT2D eigenvalue weighted by Gasteiger charge is -2.08. The van der Waals surface area contributed by atoms with Crippen molar-refractivity contribution in [1.82, 2.24) is 10.3 Å². The van der Waals surface area contributed by atoms with Gasteiger partial charge in [0.05, 0.1) is 0 Å². The minimum Gasteiger partial charge on any atom is -0.508 e. The predicted octanol–water partition coefficient (Wildman–Crippen LogP) is 3.58. The van der Waals surface area contributed by atoms with Crippen molar-refractivity contribution < 1.29 is 14.3 Å². The molecule has 0 saturated carbocycles. The number of aromatic nitrogens is 1. The summed E-state index contributed by atoms with van der Waals surface area (Å²) in [5.41, 5.74) is 3.40. The Balaban J connectivity index is 1.37. The fourth-order valence-electron chi connectivity index (χ4n) is 3.67. The maximum Gasteiger partial charge on any atom is 0.339 e. The summed E-state index contributed by atoms with van der Waals surface area (Å²) < 4.78 is 5.31. The number of aromatic amines is 1. The molecule has 6 heteroatoms. The van der Waals surface area contributed by atoms with Crippen LogP contribution >= 0.6 is 0 Å². The number of carbonyl (C=O) groups excluding carboxylic acids is 1. The van der Waals surface area contributed by atoms with Gasteiger partial charge in [0, 0.05) is 47.1 Å². The predicted molar refractivity (Wildman–Crippen MR) is 112 cm³/mol. The zero-order valence-corrected chi connectivity index (χ0v) is 16.1. The van der Waals surface area contributed by atoms with E-state index in [0.717, 1.165) is 33.8 Å². The molecule has 0 aliphatic carbocycles. The Labute approximate surface area is 167 Å². The number of H-pyrrole nitrogens is 1. The maximum absolute atomic E-state index is 12.3. The summed E-state index contributed by atoms with van der Waals surface area (Å²) in [5.74, 6) is -0.0585. The summed E-state index contributed by atoms with van der Waals surface area (Å²) >= 11 is 0. The Bertz CT molecular complexity index is 1250. The molecule has 4 aromatic rings. The second-order valence-electron chi connectivity index (χ2n) is 7.13. The van der Waals surface area contributed by atoms with Crippen molar-refractivity contribution in [2.45, 2.75) is 26.2 Å². The highest BCUT2D eigenvalue weighted by Crippen LogP contribution is 2.24. The molecule has 4 rings (SSSR count). The fraction of sp³-hybridized carbons (Fsp3) is 0.217. The van der Waals surface area contributed by atoms with Crippen molar-refractivity contribution in [3.63, 3.8) is 0 Å². The standard InChI is InChI=1S/C23H22N2O4/c1-14-17-7-6-16(26)12-21(17)29-23(28)18(14)8-9-22(27)24-11-10-15-13-25-20-5-3-2-4-19(15)20/h2-7,12-13,25-26H,8-11H2,1H3,(H,24,27). The van der Waals surface area contributed by atoms with Crippen LogP contribution in [0, 0.1) is 6.92 Å². The molecule has 0 atom stereocenters. The SMILES string of the molecule is Cc1c(CCC(=O)NCCc2c[nH]c3ccccc23)c(=O)oc2cc(O)ccc12. The van der Waals surface area contributed by atoms with Crippen LogP contribution in [0.25, 0.3) is 21.9 Å². The van der Waals surface area contributed by atoms with Crippen LogP contribution < -0.4 is 10.9 Å². The molecule has 2 heterocycles. The topological polar surface area (TPSA) is 95.3 Å². The third kappa shape index (κ3) is 3.87. The molecule has 0 spiro atoms. The van der Waals surface area contributed by atoms with Gasteiger partial charge in [0.1, 0.15) is 11.3 Å². The third-order valence-corrected chi connectivity index (χ3v) is 5.26. The van der Waals surface area contributed by atoms with Crippen LogP contribution in [0.2, 0.25) is 0 Å². The molecule has 0 radical (unpaired) electrons. The fourth-order valence-corrected chi connectivity index (χ4v) is 3.67. The van der Waals surface area contributed by atoms with Gasteiger partial charge in [-0.1, -0.05) is 18.2 Å². The van der Waals surface area contributed by atoms with Gasteiger partial charge in [0.15, 0.2) is 0 Å². The molecule has 29 heavy (non-hydrogen) atoms. The van der Waals surface area contributed by atoms with E-state index < -0.39 is 5.63 Å². The van der Waals surface area contributed by atoms with Gasteiger partial charge >= 0.3 is 5.63 Å². The minimum absolute atomic E-state index is 0.0439. The number of para-hydroxylation sites is 1. The van der Waals surface area contributed by atoms with Crippen molar-refractivity contribution in [1.29, 1.82) is 0 Å². The molecule has 0 unspecified atom stereocenters. The second-order valence-corrected chi connectivity index (χ2v) is 7.13. The number of phenols is 1. The van der Waals surface area contributed by atoms with Crippen LogP contribution in [0.1, 0.15) is 23.1 Å². The van der Waals surface area contributed by atoms with E-state index >= 15 is 0 Å². The molecular weight excluding hydrogens is 368 g/mol. The Morgan fingerprint density at radius 1 is 1.14 bits per heavy atom. The highest BCUT2D eigenvalue weighted by Gasteiger charge is 2.13. The number of amides is 1. The maximum atomic E-state index is 12.3. The summed E-state index contributed by atoms with van der Waals surface area (Å²) in [6.07, 6.45) is 3.22. The quantitative estimate of drug-likeness (QED) is 0.439. The van der Waals surface area contributed by atoms with E-state index in [9.17, 15) is 14.7 Å². The normalized spacial score (nSPS) is 11.2. The van der Waals surface area contributed by atoms with Crippen LogP contribution in [0.4, 0.5) is 0 Å². The Hall–Kier alpha value is -3.54. The van der Waals surface area contributed by atoms with E-state index in [1.54, 1.807) is 12.1 Å². The number of benzene rings is 2. The summed E-state index contributed by atoms with van der Waals surface area (Å²) in [4.78, 5) is 27.8. The number of rotatable bonds is 6. The van der Waals surface area contributed by atoms with Crippen LogP contribution in [0.15, 0.2) is 57.9 Å². The van der Waals surface area contributed by atoms with E-state index in [1.807, 2.05) is 31.3 Å². The molecule has 3 N–H and O–H groups in total. The van der Waals surface area contributed by atoms with Gasteiger partial charge in [-0.25, -0.2) is 4.79 Å². The zero-order chi connectivity index (χ0) is 20.4. The van der Waals surface area contributed by atoms with Gasteiger partial charge in [-0.2, -0.15) is 0 Å². The molecule has 0 aliphatic rings. The number of hydrogen-bond donors (Lipinski definition) is 3. The van der Waals surface area contributed by atoms with E-state index in [0.29, 0.717) is 24.1 Å². The lowest BCUT2D eigenvalue weighted by molar-refractivity contribution is -0.121. The summed E-state index contributed by atoms with van der Waals surface area (Å²) in [5, 5.41) is 14.4. The van der Waals surface area contributed by atoms with Crippen molar-refractivity contribution in [2.75, 3.05) is 6.54 Å². The molecule has 0 bridgehead atoms. The van der Waals surface area contributed by atoms with Crippen molar-refractivity contribution in [2.24, 2.45) is 0 Å². The van der Waals surface area contributed by atoms with Gasteiger partial charge < -0.3 is 19.8 Å². The van der Waals surface area contributed by atoms with E-state index in [4.69, 9.17) is 4.42 Å². The van der Waals surface area contributed by atoms with Crippen LogP contribution in [0.5, 0.6) is 5.75 Å². The average Bonchev–Trinajstić information content (AvgIpc) is 3.11. The lowest BCUT2D eigenvalue weighted by Crippen LogP contribution is -2.26. The number of nitrogens with one attached hydrogen (secondary N) is 2. The van der Waals surface area contributed by atoms with Crippen molar-refractivity contribution >= 4 is 27.8 Å². The number of phenolic OH excluding ortho intramolecular Hbond substituents is 1. The van der Waals surface area contributed by atoms with Crippen LogP contribution in [-0.4, -0.2) is 22.5 Å². The first-order valence-electron chi connectivity index (χ1n) is 9.60. The summed E-state index contributed by atoms with van der Waals surface area (Å²) in [7, 11) is 0. The molecular formula is C23H22N2O4. The van der Waals surface area contributed by atoms with Crippen LogP contribution in [-0.2, 0) is 17.6 Å². The van der Waals surface area contributed by atoms with Crippen LogP contribution in [0.3, 0.4) is 0 Å². The van der Waals surface area contributed by atoms with Gasteiger partial charge in [-0.15, -0.1) is 0 Å². The van der Waals surface area contributed by atoms with Crippen molar-refractivity contribution in [3.8, 4) is 5.75 Å². The molecule has 1 amide bonds. The molecule has 0 saturated heterocycles. The van der Waals surface area contributed by atoms with E-state index in [-0.39, 0.29) is 18.1 Å². The first-order valence-corrected chi connectivity index (χ1v) is 9.60. The van der Waals surface area contributed by atoms with Gasteiger partial charge in [-0.05, 0) is 49.1 Å². The first kappa shape index (κ1) is 18.8. The number of aryl methyl sites for hydroxylation is 1. The monoisotopic (exact) mass is 390 g/mol. The number of aromatic hydroxyl groups is 1. The summed E-state index contributed by atoms with van der Waals surface area (Å²) in [6.45, 7) is 2.37. The molecule has 2 aromatic heterocycles. The number of carbonyl (C=O) groups is 1. The number of hydrogen-bond acceptors (Lipinski definition) is 4. The Morgan fingerprint density at radius 2 is 1.97 bits per heavy atom. The van der Waals surface area contributed by atoms with Gasteiger partial charge in [0.25, 0.3) is 0 Å². The molecule has 2 aromatic carbocycles. The molecule has 0 aliphatic heterocycles. The Morgan fingerprint density at radius 3 is 2.83 bits per heavy atom. The highest BCUT2D eigenvalue weighted by atomic mass is 16.4. The molecule has 6 nitrogen and oxygen atoms in total. The molecule has 148 valence electrons. The molecule has 0 fully saturated rings. The smallest absolute Gasteiger partial charge is 0.339 e. The van der Waals surface area contributed by atoms with E-state index in [1.165, 1.54) is 6.07 Å². The zero-order valence-electron chi connectivity index (χ0n) is 16.1. The van der Waals surface area contributed by atoms with E-state index in [2.05, 4.69) is 16.4 Å². The minimum atomic E-state index is -0.466. The van der Waals surface area contributed by atoms with Crippen molar-refractivity contribution in [3.05, 3.63) is 75.8 Å². The third-order valence-electron chi connectivity index (χ3n) is 5.26. The summed E-state index contributed by atoms with van der Waals surface area (Å²) in [6, 6.07) is 12.8. The van der Waals surface area contributed by atoms with Gasteiger partial charge in [0.2, 0.25) is 5.91 Å². The first-order chi connectivity index (χ1) is 14.0. The van der Waals surface area contributed by atoms with Gasteiger partial charge in [-0.3, -0.25) is 4.79 Å². The largest absolute Gasteiger partial charge is 0.508 e. The Kier molecular flexibility index (Phi) is 5.08.